The quantitative estimate of drug-likeness (QED) is 0.755. The van der Waals surface area contributed by atoms with E-state index in [1.807, 2.05) is 4.72 Å². The lowest BCUT2D eigenvalue weighted by molar-refractivity contribution is 0.593. The van der Waals surface area contributed by atoms with Gasteiger partial charge in [0.25, 0.3) is 0 Å². The first-order chi connectivity index (χ1) is 8.09. The lowest BCUT2D eigenvalue weighted by Crippen LogP contribution is -2.23. The summed E-state index contributed by atoms with van der Waals surface area (Å²) >= 11 is 0. The van der Waals surface area contributed by atoms with E-state index < -0.39 is 37.2 Å². The van der Waals surface area contributed by atoms with E-state index in [9.17, 15) is 21.2 Å². The van der Waals surface area contributed by atoms with Crippen molar-refractivity contribution in [2.75, 3.05) is 28.2 Å². The van der Waals surface area contributed by atoms with Crippen LogP contribution in [0, 0.1) is 5.82 Å². The van der Waals surface area contributed by atoms with Crippen molar-refractivity contribution in [2.24, 2.45) is 0 Å². The molecular formula is C9H13FN2O4S2. The molecular weight excluding hydrogens is 283 g/mol. The van der Waals surface area contributed by atoms with Crippen LogP contribution >= 0.6 is 0 Å². The summed E-state index contributed by atoms with van der Waals surface area (Å²) in [6, 6.07) is 3.22. The van der Waals surface area contributed by atoms with E-state index in [0.717, 1.165) is 18.4 Å². The molecule has 0 aliphatic carbocycles. The standard InChI is InChI=1S/C9H13FN2O4S2/c1-17(13,14)4-5-18(15,16)12-9-6-7(10)2-3-8(9)11/h2-3,6,12H,4-5,11H2,1H3. The number of nitrogens with one attached hydrogen (secondary N) is 1. The highest BCUT2D eigenvalue weighted by Gasteiger charge is 2.16. The molecule has 18 heavy (non-hydrogen) atoms. The first kappa shape index (κ1) is 14.7. The lowest BCUT2D eigenvalue weighted by Gasteiger charge is -2.09. The van der Waals surface area contributed by atoms with Crippen LogP contribution in [0.25, 0.3) is 0 Å². The average Bonchev–Trinajstić information content (AvgIpc) is 2.20. The number of sulfonamides is 1. The van der Waals surface area contributed by atoms with Gasteiger partial charge < -0.3 is 5.73 Å². The monoisotopic (exact) mass is 296 g/mol. The van der Waals surface area contributed by atoms with Crippen molar-refractivity contribution in [1.29, 1.82) is 0 Å². The van der Waals surface area contributed by atoms with Gasteiger partial charge in [-0.25, -0.2) is 21.2 Å². The number of halogens is 1. The second kappa shape index (κ2) is 5.11. The molecule has 0 radical (unpaired) electrons. The Morgan fingerprint density at radius 3 is 2.39 bits per heavy atom. The Morgan fingerprint density at radius 2 is 1.83 bits per heavy atom. The number of nitrogen functional groups attached to an aromatic ring is 1. The molecule has 1 aromatic rings. The number of benzene rings is 1. The van der Waals surface area contributed by atoms with Gasteiger partial charge in [0.2, 0.25) is 10.0 Å². The number of hydrogen-bond donors (Lipinski definition) is 2. The predicted octanol–water partition coefficient (Wildman–Crippen LogP) is 0.194. The Bertz CT molecular complexity index is 641. The number of rotatable bonds is 5. The summed E-state index contributed by atoms with van der Waals surface area (Å²) < 4.78 is 59.8. The Hall–Kier alpha value is -1.35. The summed E-state index contributed by atoms with van der Waals surface area (Å²) in [5.41, 5.74) is 5.41. The molecule has 0 aliphatic rings. The maximum absolute atomic E-state index is 12.9. The van der Waals surface area contributed by atoms with Crippen LogP contribution in [0.3, 0.4) is 0 Å². The maximum atomic E-state index is 12.9. The van der Waals surface area contributed by atoms with Crippen molar-refractivity contribution in [1.82, 2.24) is 0 Å². The third-order valence-corrected chi connectivity index (χ3v) is 4.48. The summed E-state index contributed by atoms with van der Waals surface area (Å²) in [4.78, 5) is 0. The minimum atomic E-state index is -3.88. The topological polar surface area (TPSA) is 106 Å². The molecule has 9 heteroatoms. The zero-order valence-corrected chi connectivity index (χ0v) is 11.2. The fourth-order valence-corrected chi connectivity index (χ4v) is 3.80. The number of hydrogen-bond acceptors (Lipinski definition) is 5. The van der Waals surface area contributed by atoms with Gasteiger partial charge in [0.1, 0.15) is 15.7 Å². The zero-order chi connectivity index (χ0) is 14.0. The van der Waals surface area contributed by atoms with E-state index in [2.05, 4.69) is 0 Å². The molecule has 0 bridgehead atoms. The molecule has 1 aromatic carbocycles. The van der Waals surface area contributed by atoms with Gasteiger partial charge in [-0.1, -0.05) is 0 Å². The zero-order valence-electron chi connectivity index (χ0n) is 9.55. The van der Waals surface area contributed by atoms with Crippen molar-refractivity contribution in [3.8, 4) is 0 Å². The molecule has 0 aliphatic heterocycles. The fourth-order valence-electron chi connectivity index (χ4n) is 1.10. The lowest BCUT2D eigenvalue weighted by atomic mass is 10.3. The summed E-state index contributed by atoms with van der Waals surface area (Å²) in [6.07, 6.45) is 0.930. The summed E-state index contributed by atoms with van der Waals surface area (Å²) in [5.74, 6) is -1.77. The molecule has 0 saturated heterocycles. The first-order valence-corrected chi connectivity index (χ1v) is 8.53. The van der Waals surface area contributed by atoms with Crippen LogP contribution in [0.5, 0.6) is 0 Å². The smallest absolute Gasteiger partial charge is 0.233 e. The number of nitrogens with two attached hydrogens (primary N) is 1. The van der Waals surface area contributed by atoms with Gasteiger partial charge in [0, 0.05) is 12.3 Å². The Balaban J connectivity index is 2.86. The number of anilines is 2. The maximum Gasteiger partial charge on any atom is 0.233 e. The van der Waals surface area contributed by atoms with E-state index in [1.165, 1.54) is 6.07 Å². The van der Waals surface area contributed by atoms with Crippen LogP contribution in [0.15, 0.2) is 18.2 Å². The third kappa shape index (κ3) is 4.88. The molecule has 1 rings (SSSR count). The van der Waals surface area contributed by atoms with Crippen molar-refractivity contribution in [3.63, 3.8) is 0 Å². The molecule has 6 nitrogen and oxygen atoms in total. The van der Waals surface area contributed by atoms with Crippen LogP contribution in [-0.4, -0.2) is 34.6 Å². The molecule has 0 heterocycles. The van der Waals surface area contributed by atoms with Crippen molar-refractivity contribution < 1.29 is 21.2 Å². The third-order valence-electron chi connectivity index (χ3n) is 2.00. The van der Waals surface area contributed by atoms with E-state index in [4.69, 9.17) is 5.73 Å². The second-order valence-electron chi connectivity index (χ2n) is 3.78. The first-order valence-electron chi connectivity index (χ1n) is 4.82. The molecule has 0 fully saturated rings. The van der Waals surface area contributed by atoms with Crippen LogP contribution in [0.4, 0.5) is 15.8 Å². The van der Waals surface area contributed by atoms with Gasteiger partial charge in [-0.15, -0.1) is 0 Å². The summed E-state index contributed by atoms with van der Waals surface area (Å²) in [5, 5.41) is 0. The van der Waals surface area contributed by atoms with E-state index >= 15 is 0 Å². The van der Waals surface area contributed by atoms with Crippen LogP contribution in [0.2, 0.25) is 0 Å². The predicted molar refractivity (Wildman–Crippen MR) is 67.9 cm³/mol. The molecule has 0 aromatic heterocycles. The van der Waals surface area contributed by atoms with Gasteiger partial charge in [-0.05, 0) is 12.1 Å². The van der Waals surface area contributed by atoms with Gasteiger partial charge >= 0.3 is 0 Å². The Morgan fingerprint density at radius 1 is 1.22 bits per heavy atom. The Labute approximate surface area is 105 Å². The van der Waals surface area contributed by atoms with E-state index in [0.29, 0.717) is 0 Å². The van der Waals surface area contributed by atoms with Crippen LogP contribution < -0.4 is 10.5 Å². The molecule has 102 valence electrons. The highest BCUT2D eigenvalue weighted by atomic mass is 32.2. The molecule has 0 saturated carbocycles. The molecule has 0 unspecified atom stereocenters. The minimum Gasteiger partial charge on any atom is -0.397 e. The van der Waals surface area contributed by atoms with E-state index in [1.54, 1.807) is 0 Å². The van der Waals surface area contributed by atoms with Gasteiger partial charge in [-0.2, -0.15) is 0 Å². The van der Waals surface area contributed by atoms with Gasteiger partial charge in [-0.3, -0.25) is 4.72 Å². The van der Waals surface area contributed by atoms with Crippen molar-refractivity contribution in [3.05, 3.63) is 24.0 Å². The van der Waals surface area contributed by atoms with Crippen LogP contribution in [-0.2, 0) is 19.9 Å². The SMILES string of the molecule is CS(=O)(=O)CCS(=O)(=O)Nc1cc(F)ccc1N. The molecule has 0 amide bonds. The second-order valence-corrected chi connectivity index (χ2v) is 7.88. The van der Waals surface area contributed by atoms with Crippen LogP contribution in [0.1, 0.15) is 0 Å². The largest absolute Gasteiger partial charge is 0.397 e. The normalized spacial score (nSPS) is 12.3. The molecule has 3 N–H and O–H groups in total. The van der Waals surface area contributed by atoms with Gasteiger partial charge in [0.15, 0.2) is 0 Å². The van der Waals surface area contributed by atoms with Crippen molar-refractivity contribution >= 4 is 31.2 Å². The average molecular weight is 296 g/mol. The summed E-state index contributed by atoms with van der Waals surface area (Å²) in [7, 11) is -7.28. The number of sulfone groups is 1. The van der Waals surface area contributed by atoms with E-state index in [-0.39, 0.29) is 11.4 Å². The highest BCUT2D eigenvalue weighted by Crippen LogP contribution is 2.20. The Kier molecular flexibility index (Phi) is 4.17. The van der Waals surface area contributed by atoms with Crippen molar-refractivity contribution in [2.45, 2.75) is 0 Å². The molecule has 0 spiro atoms. The minimum absolute atomic E-state index is 0.0549. The van der Waals surface area contributed by atoms with Gasteiger partial charge in [0.05, 0.1) is 22.9 Å². The fraction of sp³-hybridized carbons (Fsp3) is 0.333. The molecule has 0 atom stereocenters. The highest BCUT2D eigenvalue weighted by molar-refractivity contribution is 7.95. The summed E-state index contributed by atoms with van der Waals surface area (Å²) in [6.45, 7) is 0.